The molecule has 0 radical (unpaired) electrons. The topological polar surface area (TPSA) is 165 Å². The van der Waals surface area contributed by atoms with Crippen LogP contribution in [0.2, 0.25) is 5.28 Å². The number of hydrogen-bond acceptors (Lipinski definition) is 12. The second-order valence-electron chi connectivity index (χ2n) is 11.8. The highest BCUT2D eigenvalue weighted by molar-refractivity contribution is 6.58. The van der Waals surface area contributed by atoms with Crippen molar-refractivity contribution in [2.24, 2.45) is 0 Å². The van der Waals surface area contributed by atoms with Crippen LogP contribution in [0.3, 0.4) is 0 Å². The van der Waals surface area contributed by atoms with E-state index in [1.807, 2.05) is 19.2 Å². The van der Waals surface area contributed by atoms with Crippen LogP contribution in [0.5, 0.6) is 0 Å². The molecule has 2 fully saturated rings. The summed E-state index contributed by atoms with van der Waals surface area (Å²) in [6.07, 6.45) is 16.0. The van der Waals surface area contributed by atoms with Gasteiger partial charge in [0.05, 0.1) is 12.4 Å². The number of hydrogen-bond donors (Lipinski definition) is 2. The van der Waals surface area contributed by atoms with E-state index in [0.717, 1.165) is 80.2 Å². The molecule has 8 heterocycles. The van der Waals surface area contributed by atoms with Crippen LogP contribution in [0.15, 0.2) is 61.4 Å². The molecule has 0 saturated carbocycles. The van der Waals surface area contributed by atoms with Gasteiger partial charge in [0.15, 0.2) is 17.5 Å². The van der Waals surface area contributed by atoms with E-state index >= 15 is 0 Å². The minimum absolute atomic E-state index is 0.0767. The van der Waals surface area contributed by atoms with Crippen molar-refractivity contribution in [2.75, 3.05) is 46.8 Å². The Bertz CT molecular complexity index is 1760. The van der Waals surface area contributed by atoms with Crippen LogP contribution in [-0.4, -0.2) is 98.2 Å². The molecule has 14 nitrogen and oxygen atoms in total. The van der Waals surface area contributed by atoms with Gasteiger partial charge in [-0.3, -0.25) is 19.6 Å². The maximum Gasteiger partial charge on any atom is 0.488 e. The van der Waals surface area contributed by atoms with Crippen molar-refractivity contribution in [3.05, 3.63) is 66.7 Å². The average Bonchev–Trinajstić information content (AvgIpc) is 3.14. The maximum atomic E-state index is 12.5. The molecule has 48 heavy (non-hydrogen) atoms. The van der Waals surface area contributed by atoms with E-state index in [-0.39, 0.29) is 29.2 Å². The van der Waals surface area contributed by atoms with E-state index in [1.165, 1.54) is 12.4 Å². The van der Waals surface area contributed by atoms with Gasteiger partial charge in [-0.1, -0.05) is 0 Å². The Kier molecular flexibility index (Phi) is 10.1. The lowest BCUT2D eigenvalue weighted by atomic mass is 9.81. The summed E-state index contributed by atoms with van der Waals surface area (Å²) in [5.41, 5.74) is 2.94. The molecule has 4 aliphatic heterocycles. The summed E-state index contributed by atoms with van der Waals surface area (Å²) in [5.74, 6) is 2.61. The van der Waals surface area contributed by atoms with Crippen molar-refractivity contribution in [3.8, 4) is 11.4 Å². The minimum atomic E-state index is -1.38. The Balaban J connectivity index is 0.000000137. The quantitative estimate of drug-likeness (QED) is 0.236. The number of aromatic nitrogens is 6. The summed E-state index contributed by atoms with van der Waals surface area (Å²) in [6, 6.07) is 6.73. The van der Waals surface area contributed by atoms with Gasteiger partial charge in [-0.2, -0.15) is 4.98 Å². The predicted octanol–water partition coefficient (Wildman–Crippen LogP) is 2.10. The highest BCUT2D eigenvalue weighted by atomic mass is 35.5. The van der Waals surface area contributed by atoms with Crippen LogP contribution in [0.4, 0.5) is 23.0 Å². The first-order valence-corrected chi connectivity index (χ1v) is 16.3. The molecule has 4 aromatic rings. The Morgan fingerprint density at radius 3 is 1.75 bits per heavy atom. The van der Waals surface area contributed by atoms with Crippen LogP contribution < -0.4 is 25.1 Å². The highest BCUT2D eigenvalue weighted by Crippen LogP contribution is 2.38. The van der Waals surface area contributed by atoms with Gasteiger partial charge in [0.1, 0.15) is 23.5 Å². The fraction of sp³-hybridized carbons (Fsp3) is 0.375. The molecule has 0 aromatic carbocycles. The molecule has 0 aliphatic carbocycles. The number of fused-ring (bicyclic) bond motifs is 6. The first-order chi connectivity index (χ1) is 23.2. The number of nitrogens with zero attached hydrogens (tertiary/aromatic N) is 10. The van der Waals surface area contributed by atoms with E-state index in [0.29, 0.717) is 11.3 Å². The highest BCUT2D eigenvalue weighted by Gasteiger charge is 2.40. The van der Waals surface area contributed by atoms with Gasteiger partial charge in [-0.05, 0) is 79.9 Å². The van der Waals surface area contributed by atoms with Gasteiger partial charge in [-0.15, -0.1) is 0 Å². The summed E-state index contributed by atoms with van der Waals surface area (Å²) < 4.78 is 0. The maximum absolute atomic E-state index is 12.5. The predicted molar refractivity (Wildman–Crippen MR) is 183 cm³/mol. The minimum Gasteiger partial charge on any atom is -0.423 e. The first kappa shape index (κ1) is 33.2. The van der Waals surface area contributed by atoms with Crippen LogP contribution >= 0.6 is 11.6 Å². The second-order valence-corrected chi connectivity index (χ2v) is 12.2. The largest absolute Gasteiger partial charge is 0.488 e. The Morgan fingerprint density at radius 1 is 0.729 bits per heavy atom. The van der Waals surface area contributed by atoms with Gasteiger partial charge >= 0.3 is 7.12 Å². The molecule has 16 heteroatoms. The molecule has 0 spiro atoms. The zero-order valence-corrected chi connectivity index (χ0v) is 27.5. The number of pyridine rings is 2. The Hall–Kier alpha value is -4.73. The van der Waals surface area contributed by atoms with Crippen LogP contribution in [0, 0.1) is 0 Å². The number of likely N-dealkylation sites (N-methyl/N-ethyl adjacent to an activating group) is 2. The SMILES string of the molecule is CN1C(=O)[C@H]2CCCCN2c2nc(-c3ccncc3)ncc21.CN1C(=O)[C@H]2CCCCN2c2nc(Cl)ncc21.OB(O)c1ccncc1. The number of carbonyl (C=O) groups excluding carboxylic acids is 2. The lowest BCUT2D eigenvalue weighted by Gasteiger charge is -2.43. The molecule has 2 N–H and O–H groups in total. The van der Waals surface area contributed by atoms with Crippen molar-refractivity contribution >= 4 is 59.0 Å². The molecule has 2 atom stereocenters. The Morgan fingerprint density at radius 2 is 1.23 bits per heavy atom. The van der Waals surface area contributed by atoms with E-state index in [9.17, 15) is 9.59 Å². The number of carbonyl (C=O) groups is 2. The molecule has 4 aromatic heterocycles. The van der Waals surface area contributed by atoms with Gasteiger partial charge in [-0.25, -0.2) is 15.0 Å². The normalized spacial score (nSPS) is 19.4. The average molecular weight is 671 g/mol. The summed E-state index contributed by atoms with van der Waals surface area (Å²) in [5, 5.41) is 17.3. The smallest absolute Gasteiger partial charge is 0.423 e. The monoisotopic (exact) mass is 670 g/mol. The zero-order chi connectivity index (χ0) is 33.8. The molecule has 248 valence electrons. The second kappa shape index (κ2) is 14.6. The van der Waals surface area contributed by atoms with Crippen molar-refractivity contribution in [3.63, 3.8) is 0 Å². The van der Waals surface area contributed by atoms with Crippen molar-refractivity contribution < 1.29 is 19.6 Å². The van der Waals surface area contributed by atoms with E-state index in [2.05, 4.69) is 34.7 Å². The molecule has 4 aliphatic rings. The van der Waals surface area contributed by atoms with E-state index in [4.69, 9.17) is 26.6 Å². The standard InChI is InChI=1S/C16H17N5O.C11H13ClN4O.C5H6BNO2/c1-20-13-10-18-14(11-5-7-17-8-6-11)19-15(13)21-9-3-2-4-12(21)16(20)22;1-15-8-6-13-11(12)14-9(8)16-5-3-2-4-7(16)10(15)17;8-6(9)5-1-3-7-4-2-5/h5-8,10,12H,2-4,9H2,1H3;6-7H,2-5H2,1H3;1-4,8-9H/t12-;7-;/m11./s1. The third kappa shape index (κ3) is 6.79. The molecule has 0 bridgehead atoms. The molecular formula is C32H36BClN10O4. The summed E-state index contributed by atoms with van der Waals surface area (Å²) >= 11 is 5.84. The molecule has 2 amide bonds. The number of anilines is 4. The van der Waals surface area contributed by atoms with Gasteiger partial charge in [0.2, 0.25) is 17.1 Å². The zero-order valence-electron chi connectivity index (χ0n) is 26.7. The van der Waals surface area contributed by atoms with Crippen molar-refractivity contribution in [2.45, 2.75) is 50.6 Å². The third-order valence-corrected chi connectivity index (χ3v) is 9.10. The lowest BCUT2D eigenvalue weighted by molar-refractivity contribution is -0.121. The molecule has 2 saturated heterocycles. The molecule has 0 unspecified atom stereocenters. The van der Waals surface area contributed by atoms with E-state index < -0.39 is 7.12 Å². The number of amides is 2. The number of piperidine rings is 2. The van der Waals surface area contributed by atoms with E-state index in [1.54, 1.807) is 53.8 Å². The fourth-order valence-corrected chi connectivity index (χ4v) is 6.48. The van der Waals surface area contributed by atoms with Gasteiger partial charge in [0.25, 0.3) is 0 Å². The van der Waals surface area contributed by atoms with Crippen molar-refractivity contribution in [1.29, 1.82) is 0 Å². The number of halogens is 1. The lowest BCUT2D eigenvalue weighted by Crippen LogP contribution is -2.54. The summed E-state index contributed by atoms with van der Waals surface area (Å²) in [7, 11) is 2.19. The first-order valence-electron chi connectivity index (χ1n) is 15.9. The van der Waals surface area contributed by atoms with Crippen molar-refractivity contribution in [1.82, 2.24) is 29.9 Å². The van der Waals surface area contributed by atoms with Crippen LogP contribution in [0.25, 0.3) is 11.4 Å². The molecular weight excluding hydrogens is 635 g/mol. The van der Waals surface area contributed by atoms with Crippen LogP contribution in [-0.2, 0) is 9.59 Å². The third-order valence-electron chi connectivity index (χ3n) is 8.92. The van der Waals surface area contributed by atoms with Crippen LogP contribution in [0.1, 0.15) is 38.5 Å². The van der Waals surface area contributed by atoms with Gasteiger partial charge < -0.3 is 29.6 Å². The summed E-state index contributed by atoms with van der Waals surface area (Å²) in [6.45, 7) is 1.74. The Labute approximate surface area is 283 Å². The number of rotatable bonds is 2. The summed E-state index contributed by atoms with van der Waals surface area (Å²) in [4.78, 5) is 57.4. The fourth-order valence-electron chi connectivity index (χ4n) is 6.35. The van der Waals surface area contributed by atoms with Gasteiger partial charge in [0, 0.05) is 57.5 Å². The molecule has 8 rings (SSSR count).